The molecule has 70 heavy (non-hydrogen) atoms. The Bertz CT molecular complexity index is 2310. The largest absolute Gasteiger partial charge is 0.491 e. The Hall–Kier alpha value is -4.89. The highest BCUT2D eigenvalue weighted by Crippen LogP contribution is 2.22. The summed E-state index contributed by atoms with van der Waals surface area (Å²) in [6.45, 7) is 23.9. The maximum Gasteiger partial charge on any atom is 0.180 e. The third-order valence-corrected chi connectivity index (χ3v) is 13.4. The van der Waals surface area contributed by atoms with Crippen LogP contribution in [0.15, 0.2) is 160 Å². The molecule has 5 nitrogen and oxygen atoms in total. The predicted octanol–water partition coefficient (Wildman–Crippen LogP) is 16.1. The zero-order valence-electron chi connectivity index (χ0n) is 42.3. The molecule has 0 aliphatic carbocycles. The van der Waals surface area contributed by atoms with Crippen molar-refractivity contribution in [1.82, 2.24) is 0 Å². The molecule has 0 aliphatic rings. The van der Waals surface area contributed by atoms with E-state index in [0.717, 1.165) is 29.0 Å². The van der Waals surface area contributed by atoms with Crippen LogP contribution in [0.1, 0.15) is 94.2 Å². The molecule has 0 saturated heterocycles. The van der Waals surface area contributed by atoms with Gasteiger partial charge in [0.1, 0.15) is 40.7 Å². The first kappa shape index (κ1) is 63.1. The lowest BCUT2D eigenvalue weighted by Crippen LogP contribution is -2.13. The number of benzene rings is 6. The molecule has 0 radical (unpaired) electrons. The molecule has 0 N–H and O–H groups in total. The molecule has 0 spiro atoms. The Morgan fingerprint density at radius 1 is 0.486 bits per heavy atom. The summed E-state index contributed by atoms with van der Waals surface area (Å²) in [5.74, 6) is -0.135. The van der Waals surface area contributed by atoms with E-state index >= 15 is 0 Å². The second kappa shape index (κ2) is 33.7. The lowest BCUT2D eigenvalue weighted by atomic mass is 10.0. The van der Waals surface area contributed by atoms with Crippen molar-refractivity contribution in [1.29, 1.82) is 0 Å². The highest BCUT2D eigenvalue weighted by molar-refractivity contribution is 7.99. The van der Waals surface area contributed by atoms with Crippen molar-refractivity contribution >= 4 is 32.4 Å². The van der Waals surface area contributed by atoms with Crippen LogP contribution < -0.4 is 4.74 Å². The van der Waals surface area contributed by atoms with Crippen LogP contribution in [0.4, 0.5) is 26.3 Å². The summed E-state index contributed by atoms with van der Waals surface area (Å²) >= 11 is 1.74. The van der Waals surface area contributed by atoms with Crippen LogP contribution in [0, 0.1) is 40.8 Å². The standard InChI is InChI=1S/C10H13FO.C10H13F.C9H11FO2S.C9H11FOS.C9H11FO.C9H11FS/c1-8(2)12-7-9-3-5-10(11)6-4-9;1-8(2)7-9-3-5-10(11)6-4-9;1-7(2)13(11,12)9-5-3-8(10)4-6-9;1-7(2)12(11)9-5-3-8(10)4-6-9;2*1-7(2)11-9-5-3-8(10)4-6-9/h3-6,8H,7H2,1-2H3;3-6,8H,7H2,1-2H3;3-7H,1-2H3;3-7H,1-2H3;2*3-7H,1-2H3. The van der Waals surface area contributed by atoms with Gasteiger partial charge in [-0.3, -0.25) is 4.21 Å². The average Bonchev–Trinajstić information content (AvgIpc) is 3.29. The first-order chi connectivity index (χ1) is 32.8. The van der Waals surface area contributed by atoms with Crippen molar-refractivity contribution in [3.05, 3.63) is 192 Å². The highest BCUT2D eigenvalue weighted by atomic mass is 32.2. The minimum atomic E-state index is -3.26. The van der Waals surface area contributed by atoms with Crippen LogP contribution in [0.5, 0.6) is 5.75 Å². The summed E-state index contributed by atoms with van der Waals surface area (Å²) in [5, 5.41) is 0.161. The van der Waals surface area contributed by atoms with E-state index in [9.17, 15) is 39.0 Å². The Morgan fingerprint density at radius 3 is 1.21 bits per heavy atom. The molecule has 0 saturated carbocycles. The average molecular weight is 1030 g/mol. The number of rotatable bonds is 13. The lowest BCUT2D eigenvalue weighted by Gasteiger charge is -2.08. The first-order valence-electron chi connectivity index (χ1n) is 22.9. The van der Waals surface area contributed by atoms with Crippen LogP contribution >= 0.6 is 11.8 Å². The van der Waals surface area contributed by atoms with Gasteiger partial charge in [0.15, 0.2) is 9.84 Å². The van der Waals surface area contributed by atoms with E-state index in [1.54, 1.807) is 74.1 Å². The smallest absolute Gasteiger partial charge is 0.180 e. The van der Waals surface area contributed by atoms with E-state index in [-0.39, 0.29) is 51.4 Å². The zero-order valence-corrected chi connectivity index (χ0v) is 44.7. The van der Waals surface area contributed by atoms with Gasteiger partial charge >= 0.3 is 0 Å². The Kier molecular flexibility index (Phi) is 30.3. The molecule has 0 aromatic heterocycles. The maximum atomic E-state index is 12.5. The van der Waals surface area contributed by atoms with E-state index < -0.39 is 31.7 Å². The van der Waals surface area contributed by atoms with Gasteiger partial charge in [-0.05, 0) is 186 Å². The molecule has 1 atom stereocenters. The van der Waals surface area contributed by atoms with Gasteiger partial charge in [-0.25, -0.2) is 34.8 Å². The molecular formula is C56H70F6O5S3. The third kappa shape index (κ3) is 28.7. The molecule has 1 unspecified atom stereocenters. The van der Waals surface area contributed by atoms with E-state index in [1.807, 2.05) is 53.7 Å². The van der Waals surface area contributed by atoms with Crippen LogP contribution in [0.3, 0.4) is 0 Å². The maximum absolute atomic E-state index is 12.5. The fourth-order valence-corrected chi connectivity index (χ4v) is 8.09. The fraction of sp³-hybridized carbons (Fsp3) is 0.357. The van der Waals surface area contributed by atoms with Crippen molar-refractivity contribution in [2.45, 2.75) is 139 Å². The number of sulfone groups is 1. The number of hydrogen-bond donors (Lipinski definition) is 0. The molecule has 6 rings (SSSR count). The molecule has 384 valence electrons. The van der Waals surface area contributed by atoms with E-state index in [1.165, 1.54) is 78.4 Å². The molecule has 0 amide bonds. The number of ether oxygens (including phenoxy) is 2. The quantitative estimate of drug-likeness (QED) is 0.0652. The van der Waals surface area contributed by atoms with Gasteiger partial charge in [0.25, 0.3) is 0 Å². The van der Waals surface area contributed by atoms with E-state index in [4.69, 9.17) is 9.47 Å². The number of hydrogen-bond acceptors (Lipinski definition) is 6. The molecular weight excluding hydrogens is 963 g/mol. The summed E-state index contributed by atoms with van der Waals surface area (Å²) in [6, 6.07) is 36.3. The Balaban J connectivity index is 0.000000420. The second-order valence-electron chi connectivity index (χ2n) is 17.3. The number of thioether (sulfide) groups is 1. The van der Waals surface area contributed by atoms with Crippen LogP contribution in [0.25, 0.3) is 0 Å². The van der Waals surface area contributed by atoms with Gasteiger partial charge in [0.2, 0.25) is 0 Å². The second-order valence-corrected chi connectivity index (χ2v) is 23.5. The number of halogens is 6. The zero-order chi connectivity index (χ0) is 53.0. The van der Waals surface area contributed by atoms with Gasteiger partial charge in [0, 0.05) is 20.3 Å². The van der Waals surface area contributed by atoms with E-state index in [0.29, 0.717) is 28.4 Å². The van der Waals surface area contributed by atoms with Gasteiger partial charge < -0.3 is 9.47 Å². The monoisotopic (exact) mass is 1030 g/mol. The van der Waals surface area contributed by atoms with Gasteiger partial charge in [-0.1, -0.05) is 65.8 Å². The van der Waals surface area contributed by atoms with Crippen LogP contribution in [-0.2, 0) is 38.4 Å². The summed E-state index contributed by atoms with van der Waals surface area (Å²) in [5.41, 5.74) is 2.21. The van der Waals surface area contributed by atoms with E-state index in [2.05, 4.69) is 27.7 Å². The molecule has 6 aromatic rings. The summed E-state index contributed by atoms with van der Waals surface area (Å²) in [4.78, 5) is 1.98. The lowest BCUT2D eigenvalue weighted by molar-refractivity contribution is 0.0657. The molecule has 0 bridgehead atoms. The van der Waals surface area contributed by atoms with Crippen LogP contribution in [-0.4, -0.2) is 40.6 Å². The first-order valence-corrected chi connectivity index (χ1v) is 26.5. The summed E-state index contributed by atoms with van der Waals surface area (Å²) in [7, 11) is -4.27. The highest BCUT2D eigenvalue weighted by Gasteiger charge is 2.18. The summed E-state index contributed by atoms with van der Waals surface area (Å²) in [6.07, 6.45) is 1.39. The fourth-order valence-electron chi connectivity index (χ4n) is 5.24. The van der Waals surface area contributed by atoms with Gasteiger partial charge in [-0.2, -0.15) is 0 Å². The third-order valence-electron chi connectivity index (χ3n) is 8.66. The van der Waals surface area contributed by atoms with Crippen molar-refractivity contribution in [3.8, 4) is 5.75 Å². The van der Waals surface area contributed by atoms with Crippen LogP contribution in [0.2, 0.25) is 0 Å². The predicted molar refractivity (Wildman–Crippen MR) is 277 cm³/mol. The Labute approximate surface area is 420 Å². The summed E-state index contributed by atoms with van der Waals surface area (Å²) < 4.78 is 120. The molecule has 0 aliphatic heterocycles. The van der Waals surface area contributed by atoms with Crippen molar-refractivity contribution in [2.24, 2.45) is 5.92 Å². The minimum Gasteiger partial charge on any atom is -0.491 e. The van der Waals surface area contributed by atoms with Gasteiger partial charge in [-0.15, -0.1) is 11.8 Å². The minimum absolute atomic E-state index is 0.0791. The SMILES string of the molecule is CC(C)Cc1ccc(F)cc1.CC(C)OCc1ccc(F)cc1.CC(C)Oc1ccc(F)cc1.CC(C)S(=O)(=O)c1ccc(F)cc1.CC(C)S(=O)c1ccc(F)cc1.CC(C)Sc1ccc(F)cc1. The normalized spacial score (nSPS) is 11.3. The van der Waals surface area contributed by atoms with Crippen molar-refractivity contribution in [2.75, 3.05) is 0 Å². The molecule has 6 aromatic carbocycles. The topological polar surface area (TPSA) is 69.7 Å². The van der Waals surface area contributed by atoms with Crippen molar-refractivity contribution in [3.63, 3.8) is 0 Å². The molecule has 0 heterocycles. The van der Waals surface area contributed by atoms with Crippen molar-refractivity contribution < 1.29 is 48.4 Å². The molecule has 14 heteroatoms. The Morgan fingerprint density at radius 2 is 0.857 bits per heavy atom. The van der Waals surface area contributed by atoms with Gasteiger partial charge in [0.05, 0.1) is 39.8 Å². The molecule has 0 fully saturated rings.